The summed E-state index contributed by atoms with van der Waals surface area (Å²) in [5.74, 6) is 1.40. The first kappa shape index (κ1) is 24.5. The number of carbonyl (C=O) groups is 2. The predicted octanol–water partition coefficient (Wildman–Crippen LogP) is 5.58. The standard InChI is InChI=1S/C28H36N2O3S/c1-4-15-29(28(32)22-7-5-6-8-22)18-27(31)30-16-13-26-24(14-17-34-26)25(30)19-33-23-11-9-21(10-12-23)20(2)3/h4,9-12,14,17,20,22,25H,1,5-8,13,15-16,18-19H2,2-3H3/t25-/m0/s1. The van der Waals surface area contributed by atoms with E-state index >= 15 is 0 Å². The molecule has 4 rings (SSSR count). The Morgan fingerprint density at radius 3 is 2.62 bits per heavy atom. The minimum absolute atomic E-state index is 0.0196. The normalized spacial score (nSPS) is 18.1. The molecule has 1 aliphatic carbocycles. The number of fused-ring (bicyclic) bond motifs is 1. The maximum Gasteiger partial charge on any atom is 0.242 e. The molecule has 1 saturated carbocycles. The van der Waals surface area contributed by atoms with Gasteiger partial charge < -0.3 is 14.5 Å². The summed E-state index contributed by atoms with van der Waals surface area (Å²) in [6.07, 6.45) is 6.60. The van der Waals surface area contributed by atoms with Crippen molar-refractivity contribution in [3.63, 3.8) is 0 Å². The van der Waals surface area contributed by atoms with Gasteiger partial charge in [0.05, 0.1) is 6.04 Å². The van der Waals surface area contributed by atoms with Gasteiger partial charge in [0.2, 0.25) is 11.8 Å². The molecule has 5 nitrogen and oxygen atoms in total. The molecule has 1 aromatic heterocycles. The Kier molecular flexibility index (Phi) is 8.09. The van der Waals surface area contributed by atoms with Gasteiger partial charge in [0.15, 0.2) is 0 Å². The number of amides is 2. The molecule has 1 aliphatic heterocycles. The third-order valence-electron chi connectivity index (χ3n) is 7.06. The van der Waals surface area contributed by atoms with Crippen molar-refractivity contribution in [2.24, 2.45) is 5.92 Å². The van der Waals surface area contributed by atoms with Gasteiger partial charge in [-0.2, -0.15) is 0 Å². The summed E-state index contributed by atoms with van der Waals surface area (Å²) >= 11 is 1.74. The van der Waals surface area contributed by atoms with E-state index in [4.69, 9.17) is 4.74 Å². The first-order chi connectivity index (χ1) is 16.5. The van der Waals surface area contributed by atoms with E-state index in [2.05, 4.69) is 44.0 Å². The predicted molar refractivity (Wildman–Crippen MR) is 137 cm³/mol. The molecular formula is C28H36N2O3S. The zero-order valence-electron chi connectivity index (χ0n) is 20.4. The highest BCUT2D eigenvalue weighted by Gasteiger charge is 2.34. The topological polar surface area (TPSA) is 49.9 Å². The lowest BCUT2D eigenvalue weighted by molar-refractivity contribution is -0.144. The van der Waals surface area contributed by atoms with E-state index in [0.29, 0.717) is 25.6 Å². The minimum atomic E-state index is -0.153. The zero-order valence-corrected chi connectivity index (χ0v) is 21.2. The molecular weight excluding hydrogens is 444 g/mol. The van der Waals surface area contributed by atoms with Crippen LogP contribution in [0.3, 0.4) is 0 Å². The van der Waals surface area contributed by atoms with Crippen molar-refractivity contribution in [2.75, 3.05) is 26.2 Å². The van der Waals surface area contributed by atoms with Crippen molar-refractivity contribution < 1.29 is 14.3 Å². The van der Waals surface area contributed by atoms with Crippen LogP contribution in [0.25, 0.3) is 0 Å². The van der Waals surface area contributed by atoms with Crippen LogP contribution in [-0.2, 0) is 16.0 Å². The Hall–Kier alpha value is -2.60. The van der Waals surface area contributed by atoms with Gasteiger partial charge in [0, 0.05) is 23.9 Å². The number of nitrogens with zero attached hydrogens (tertiary/aromatic N) is 2. The van der Waals surface area contributed by atoms with E-state index < -0.39 is 0 Å². The molecule has 0 saturated heterocycles. The van der Waals surface area contributed by atoms with E-state index in [-0.39, 0.29) is 30.3 Å². The first-order valence-electron chi connectivity index (χ1n) is 12.5. The number of thiophene rings is 1. The molecule has 0 spiro atoms. The third kappa shape index (κ3) is 5.54. The van der Waals surface area contributed by atoms with E-state index in [0.717, 1.165) is 37.9 Å². The molecule has 1 atom stereocenters. The summed E-state index contributed by atoms with van der Waals surface area (Å²) in [4.78, 5) is 31.5. The van der Waals surface area contributed by atoms with Gasteiger partial charge in [0.25, 0.3) is 0 Å². The lowest BCUT2D eigenvalue weighted by Crippen LogP contribution is -2.48. The van der Waals surface area contributed by atoms with Gasteiger partial charge in [-0.15, -0.1) is 17.9 Å². The fourth-order valence-electron chi connectivity index (χ4n) is 5.07. The SMILES string of the molecule is C=CCN(CC(=O)N1CCc2sccc2[C@@H]1COc1ccc(C(C)C)cc1)C(=O)C1CCCC1. The Morgan fingerprint density at radius 1 is 1.21 bits per heavy atom. The fraction of sp³-hybridized carbons (Fsp3) is 0.500. The lowest BCUT2D eigenvalue weighted by Gasteiger charge is -2.37. The highest BCUT2D eigenvalue weighted by molar-refractivity contribution is 7.10. The van der Waals surface area contributed by atoms with Crippen molar-refractivity contribution >= 4 is 23.2 Å². The van der Waals surface area contributed by atoms with Crippen LogP contribution >= 0.6 is 11.3 Å². The summed E-state index contributed by atoms with van der Waals surface area (Å²) in [7, 11) is 0. The number of rotatable bonds is 9. The Labute approximate surface area is 207 Å². The van der Waals surface area contributed by atoms with E-state index in [1.807, 2.05) is 17.0 Å². The summed E-state index contributed by atoms with van der Waals surface area (Å²) in [6.45, 7) is 9.70. The summed E-state index contributed by atoms with van der Waals surface area (Å²) in [5.41, 5.74) is 2.44. The van der Waals surface area contributed by atoms with Crippen LogP contribution in [0.15, 0.2) is 48.4 Å². The van der Waals surface area contributed by atoms with Gasteiger partial charge in [-0.25, -0.2) is 0 Å². The number of carbonyl (C=O) groups excluding carboxylic acids is 2. The van der Waals surface area contributed by atoms with Crippen LogP contribution in [0.4, 0.5) is 0 Å². The average Bonchev–Trinajstić information content (AvgIpc) is 3.54. The monoisotopic (exact) mass is 480 g/mol. The number of hydrogen-bond acceptors (Lipinski definition) is 4. The van der Waals surface area contributed by atoms with Crippen LogP contribution < -0.4 is 4.74 Å². The molecule has 2 heterocycles. The van der Waals surface area contributed by atoms with Crippen molar-refractivity contribution in [1.82, 2.24) is 9.80 Å². The molecule has 2 amide bonds. The fourth-order valence-corrected chi connectivity index (χ4v) is 6.00. The molecule has 6 heteroatoms. The quantitative estimate of drug-likeness (QED) is 0.440. The van der Waals surface area contributed by atoms with Crippen molar-refractivity contribution in [2.45, 2.75) is 57.9 Å². The summed E-state index contributed by atoms with van der Waals surface area (Å²) in [5, 5.41) is 2.09. The second-order valence-electron chi connectivity index (χ2n) is 9.68. The molecule has 2 aliphatic rings. The van der Waals surface area contributed by atoms with Gasteiger partial charge in [-0.1, -0.05) is 44.9 Å². The molecule has 0 N–H and O–H groups in total. The van der Waals surface area contributed by atoms with E-state index in [9.17, 15) is 9.59 Å². The lowest BCUT2D eigenvalue weighted by atomic mass is 10.00. The maximum atomic E-state index is 13.5. The molecule has 2 aromatic rings. The van der Waals surface area contributed by atoms with Crippen LogP contribution in [0.1, 0.15) is 67.5 Å². The Balaban J connectivity index is 1.47. The minimum Gasteiger partial charge on any atom is -0.491 e. The van der Waals surface area contributed by atoms with E-state index in [1.54, 1.807) is 22.3 Å². The van der Waals surface area contributed by atoms with E-state index in [1.165, 1.54) is 16.0 Å². The molecule has 182 valence electrons. The van der Waals surface area contributed by atoms with Crippen molar-refractivity contribution in [3.05, 3.63) is 64.4 Å². The van der Waals surface area contributed by atoms with Gasteiger partial charge in [-0.3, -0.25) is 9.59 Å². The van der Waals surface area contributed by atoms with Gasteiger partial charge >= 0.3 is 0 Å². The average molecular weight is 481 g/mol. The molecule has 0 bridgehead atoms. The Morgan fingerprint density at radius 2 is 1.94 bits per heavy atom. The van der Waals surface area contributed by atoms with Crippen molar-refractivity contribution in [3.8, 4) is 5.75 Å². The molecule has 0 unspecified atom stereocenters. The largest absolute Gasteiger partial charge is 0.491 e. The highest BCUT2D eigenvalue weighted by atomic mass is 32.1. The Bertz CT molecular complexity index is 991. The highest BCUT2D eigenvalue weighted by Crippen LogP contribution is 2.34. The first-order valence-corrected chi connectivity index (χ1v) is 13.3. The zero-order chi connectivity index (χ0) is 24.1. The summed E-state index contributed by atoms with van der Waals surface area (Å²) in [6, 6.07) is 10.2. The molecule has 1 fully saturated rings. The maximum absolute atomic E-state index is 13.5. The number of hydrogen-bond donors (Lipinski definition) is 0. The van der Waals surface area contributed by atoms with Crippen LogP contribution in [0.5, 0.6) is 5.75 Å². The molecule has 34 heavy (non-hydrogen) atoms. The smallest absolute Gasteiger partial charge is 0.242 e. The van der Waals surface area contributed by atoms with Crippen molar-refractivity contribution in [1.29, 1.82) is 0 Å². The van der Waals surface area contributed by atoms with Gasteiger partial charge in [-0.05, 0) is 59.9 Å². The molecule has 1 aromatic carbocycles. The van der Waals surface area contributed by atoms with Crippen LogP contribution in [0.2, 0.25) is 0 Å². The number of benzene rings is 1. The van der Waals surface area contributed by atoms with Crippen LogP contribution in [0, 0.1) is 5.92 Å². The molecule has 0 radical (unpaired) electrons. The third-order valence-corrected chi connectivity index (χ3v) is 8.06. The van der Waals surface area contributed by atoms with Crippen LogP contribution in [-0.4, -0.2) is 47.9 Å². The number of ether oxygens (including phenoxy) is 1. The summed E-state index contributed by atoms with van der Waals surface area (Å²) < 4.78 is 6.18. The second-order valence-corrected chi connectivity index (χ2v) is 10.7. The second kappa shape index (κ2) is 11.2. The van der Waals surface area contributed by atoms with Gasteiger partial charge in [0.1, 0.15) is 18.9 Å².